The standard InChI is InChI=1S/C23H39N5O/c1-4-24-23(25-13-10-20-8-6-5-7-9-20)26-16-21-11-14-28(15-12-21)17-22-27-18(2)19(3)29-22/h8,21H,4-7,9-17H2,1-3H3,(H2,24,25,26). The minimum atomic E-state index is 0.663. The van der Waals surface area contributed by atoms with Gasteiger partial charge in [0.25, 0.3) is 0 Å². The fraction of sp³-hybridized carbons (Fsp3) is 0.739. The highest BCUT2D eigenvalue weighted by atomic mass is 16.4. The largest absolute Gasteiger partial charge is 0.444 e. The van der Waals surface area contributed by atoms with Crippen molar-refractivity contribution >= 4 is 5.96 Å². The van der Waals surface area contributed by atoms with Gasteiger partial charge in [0.2, 0.25) is 5.89 Å². The molecule has 0 radical (unpaired) electrons. The van der Waals surface area contributed by atoms with Gasteiger partial charge in [-0.25, -0.2) is 4.98 Å². The van der Waals surface area contributed by atoms with E-state index in [-0.39, 0.29) is 0 Å². The maximum atomic E-state index is 5.74. The minimum absolute atomic E-state index is 0.663. The van der Waals surface area contributed by atoms with E-state index in [0.29, 0.717) is 5.92 Å². The third kappa shape index (κ3) is 7.18. The van der Waals surface area contributed by atoms with Gasteiger partial charge in [-0.05, 0) is 84.7 Å². The first kappa shape index (κ1) is 21.9. The average Bonchev–Trinajstić information content (AvgIpc) is 3.05. The molecule has 3 rings (SSSR count). The zero-order valence-electron chi connectivity index (χ0n) is 18.6. The minimum Gasteiger partial charge on any atom is -0.444 e. The molecule has 2 heterocycles. The Hall–Kier alpha value is -1.82. The highest BCUT2D eigenvalue weighted by molar-refractivity contribution is 5.79. The summed E-state index contributed by atoms with van der Waals surface area (Å²) in [6.45, 7) is 11.9. The third-order valence-electron chi connectivity index (χ3n) is 6.11. The summed E-state index contributed by atoms with van der Waals surface area (Å²) < 4.78 is 5.74. The van der Waals surface area contributed by atoms with Crippen LogP contribution < -0.4 is 10.6 Å². The van der Waals surface area contributed by atoms with E-state index < -0.39 is 0 Å². The predicted octanol–water partition coefficient (Wildman–Crippen LogP) is 3.95. The van der Waals surface area contributed by atoms with Gasteiger partial charge in [0.1, 0.15) is 5.76 Å². The molecule has 0 atom stereocenters. The van der Waals surface area contributed by atoms with Crippen LogP contribution in [-0.4, -0.2) is 48.6 Å². The molecule has 162 valence electrons. The lowest BCUT2D eigenvalue weighted by Crippen LogP contribution is -2.39. The van der Waals surface area contributed by atoms with Crippen molar-refractivity contribution in [1.29, 1.82) is 0 Å². The maximum Gasteiger partial charge on any atom is 0.208 e. The number of nitrogens with zero attached hydrogens (tertiary/aromatic N) is 3. The van der Waals surface area contributed by atoms with Gasteiger partial charge in [-0.3, -0.25) is 9.89 Å². The Morgan fingerprint density at radius 3 is 2.72 bits per heavy atom. The fourth-order valence-electron chi connectivity index (χ4n) is 4.16. The molecular weight excluding hydrogens is 362 g/mol. The van der Waals surface area contributed by atoms with Gasteiger partial charge in [-0.1, -0.05) is 11.6 Å². The highest BCUT2D eigenvalue weighted by Crippen LogP contribution is 2.21. The molecule has 1 aliphatic carbocycles. The summed E-state index contributed by atoms with van der Waals surface area (Å²) in [7, 11) is 0. The van der Waals surface area contributed by atoms with Gasteiger partial charge < -0.3 is 15.1 Å². The molecule has 1 aliphatic heterocycles. The number of nitrogens with one attached hydrogen (secondary N) is 2. The highest BCUT2D eigenvalue weighted by Gasteiger charge is 2.21. The van der Waals surface area contributed by atoms with Crippen LogP contribution >= 0.6 is 0 Å². The van der Waals surface area contributed by atoms with Crippen LogP contribution in [0.3, 0.4) is 0 Å². The van der Waals surface area contributed by atoms with E-state index in [1.54, 1.807) is 5.57 Å². The molecule has 0 amide bonds. The van der Waals surface area contributed by atoms with Crippen molar-refractivity contribution < 1.29 is 4.42 Å². The molecule has 0 aromatic carbocycles. The van der Waals surface area contributed by atoms with Gasteiger partial charge in [-0.2, -0.15) is 0 Å². The van der Waals surface area contributed by atoms with Crippen molar-refractivity contribution in [3.63, 3.8) is 0 Å². The third-order valence-corrected chi connectivity index (χ3v) is 6.11. The van der Waals surface area contributed by atoms with Crippen molar-refractivity contribution in [1.82, 2.24) is 20.5 Å². The number of guanidine groups is 1. The topological polar surface area (TPSA) is 65.7 Å². The summed E-state index contributed by atoms with van der Waals surface area (Å²) in [5.74, 6) is 3.42. The quantitative estimate of drug-likeness (QED) is 0.392. The van der Waals surface area contributed by atoms with E-state index in [2.05, 4.69) is 33.5 Å². The Labute approximate surface area is 176 Å². The van der Waals surface area contributed by atoms with Gasteiger partial charge in [0.15, 0.2) is 5.96 Å². The van der Waals surface area contributed by atoms with Crippen LogP contribution in [0.1, 0.15) is 69.2 Å². The second kappa shape index (κ2) is 11.4. The Balaban J connectivity index is 1.38. The molecule has 0 spiro atoms. The lowest BCUT2D eigenvalue weighted by molar-refractivity contribution is 0.166. The number of allylic oxidation sites excluding steroid dienone is 1. The molecule has 6 nitrogen and oxygen atoms in total. The Morgan fingerprint density at radius 1 is 1.24 bits per heavy atom. The lowest BCUT2D eigenvalue weighted by Gasteiger charge is -2.30. The second-order valence-corrected chi connectivity index (χ2v) is 8.47. The Kier molecular flexibility index (Phi) is 8.59. The number of hydrogen-bond donors (Lipinski definition) is 2. The van der Waals surface area contributed by atoms with Gasteiger partial charge in [-0.15, -0.1) is 0 Å². The van der Waals surface area contributed by atoms with Crippen molar-refractivity contribution in [3.8, 4) is 0 Å². The summed E-state index contributed by atoms with van der Waals surface area (Å²) in [5, 5.41) is 6.92. The van der Waals surface area contributed by atoms with Crippen LogP contribution in [0.2, 0.25) is 0 Å². The smallest absolute Gasteiger partial charge is 0.208 e. The van der Waals surface area contributed by atoms with Crippen molar-refractivity contribution in [2.75, 3.05) is 32.7 Å². The molecule has 1 saturated heterocycles. The maximum absolute atomic E-state index is 5.74. The first-order chi connectivity index (χ1) is 14.1. The molecule has 2 N–H and O–H groups in total. The van der Waals surface area contributed by atoms with E-state index in [1.165, 1.54) is 38.5 Å². The molecule has 0 saturated carbocycles. The average molecular weight is 402 g/mol. The van der Waals surface area contributed by atoms with Crippen LogP contribution in [0.15, 0.2) is 21.1 Å². The van der Waals surface area contributed by atoms with E-state index in [4.69, 9.17) is 9.41 Å². The van der Waals surface area contributed by atoms with Crippen LogP contribution in [0, 0.1) is 19.8 Å². The summed E-state index contributed by atoms with van der Waals surface area (Å²) in [4.78, 5) is 11.8. The van der Waals surface area contributed by atoms with E-state index in [0.717, 1.165) is 69.0 Å². The van der Waals surface area contributed by atoms with Crippen LogP contribution in [0.5, 0.6) is 0 Å². The zero-order valence-corrected chi connectivity index (χ0v) is 18.6. The summed E-state index contributed by atoms with van der Waals surface area (Å²) in [6.07, 6.45) is 11.2. The number of rotatable bonds is 8. The lowest BCUT2D eigenvalue weighted by atomic mass is 9.97. The normalized spacial score (nSPS) is 19.3. The number of hydrogen-bond acceptors (Lipinski definition) is 4. The number of aromatic nitrogens is 1. The summed E-state index contributed by atoms with van der Waals surface area (Å²) >= 11 is 0. The van der Waals surface area contributed by atoms with Gasteiger partial charge >= 0.3 is 0 Å². The fourth-order valence-corrected chi connectivity index (χ4v) is 4.16. The van der Waals surface area contributed by atoms with Crippen LogP contribution in [0.25, 0.3) is 0 Å². The van der Waals surface area contributed by atoms with E-state index in [1.807, 2.05) is 13.8 Å². The number of likely N-dealkylation sites (tertiary alicyclic amines) is 1. The predicted molar refractivity (Wildman–Crippen MR) is 119 cm³/mol. The van der Waals surface area contributed by atoms with Crippen molar-refractivity contribution in [3.05, 3.63) is 29.0 Å². The number of piperidine rings is 1. The first-order valence-electron chi connectivity index (χ1n) is 11.5. The van der Waals surface area contributed by atoms with Crippen molar-refractivity contribution in [2.24, 2.45) is 10.9 Å². The SMILES string of the molecule is CCNC(=NCC1CCN(Cc2nc(C)c(C)o2)CC1)NCCC1=CCCCC1. The molecule has 2 aliphatic rings. The van der Waals surface area contributed by atoms with E-state index in [9.17, 15) is 0 Å². The summed E-state index contributed by atoms with van der Waals surface area (Å²) in [5.41, 5.74) is 2.62. The summed E-state index contributed by atoms with van der Waals surface area (Å²) in [6, 6.07) is 0. The number of aryl methyl sites for hydroxylation is 2. The number of aliphatic imine (C=N–C) groups is 1. The first-order valence-corrected chi connectivity index (χ1v) is 11.5. The van der Waals surface area contributed by atoms with Crippen LogP contribution in [0.4, 0.5) is 0 Å². The van der Waals surface area contributed by atoms with Crippen LogP contribution in [-0.2, 0) is 6.54 Å². The molecule has 1 aromatic rings. The zero-order chi connectivity index (χ0) is 20.5. The molecule has 1 aromatic heterocycles. The van der Waals surface area contributed by atoms with Crippen molar-refractivity contribution in [2.45, 2.75) is 72.3 Å². The number of oxazole rings is 1. The van der Waals surface area contributed by atoms with E-state index >= 15 is 0 Å². The van der Waals surface area contributed by atoms with Gasteiger partial charge in [0, 0.05) is 19.6 Å². The molecular formula is C23H39N5O. The molecule has 0 unspecified atom stereocenters. The Bertz CT molecular complexity index is 666. The monoisotopic (exact) mass is 401 g/mol. The second-order valence-electron chi connectivity index (χ2n) is 8.47. The van der Waals surface area contributed by atoms with Gasteiger partial charge in [0.05, 0.1) is 12.2 Å². The Morgan fingerprint density at radius 2 is 2.07 bits per heavy atom. The molecule has 6 heteroatoms. The molecule has 0 bridgehead atoms. The molecule has 29 heavy (non-hydrogen) atoms. The molecule has 1 fully saturated rings.